The number of rotatable bonds is 3. The Morgan fingerprint density at radius 1 is 0.952 bits per heavy atom. The van der Waals surface area contributed by atoms with E-state index in [0.717, 1.165) is 19.3 Å². The second kappa shape index (κ2) is 5.05. The van der Waals surface area contributed by atoms with Crippen molar-refractivity contribution in [3.05, 3.63) is 24.3 Å². The van der Waals surface area contributed by atoms with Crippen LogP contribution in [-0.2, 0) is 19.9 Å². The lowest BCUT2D eigenvalue weighted by atomic mass is 10.0. The normalized spacial score (nSPS) is 26.9. The van der Waals surface area contributed by atoms with Crippen LogP contribution in [0.3, 0.4) is 0 Å². The zero-order valence-electron chi connectivity index (χ0n) is 11.7. The molecule has 8 heteroatoms. The Morgan fingerprint density at radius 2 is 1.43 bits per heavy atom. The minimum absolute atomic E-state index is 0.129. The summed E-state index contributed by atoms with van der Waals surface area (Å²) in [4.78, 5) is 0.284. The lowest BCUT2D eigenvalue weighted by Crippen LogP contribution is -2.31. The number of fused-ring (bicyclic) bond motifs is 1. The molecule has 2 heterocycles. The van der Waals surface area contributed by atoms with Gasteiger partial charge >= 0.3 is 0 Å². The molecular formula is C13H18N2O4S2. The van der Waals surface area contributed by atoms with Gasteiger partial charge in [-0.3, -0.25) is 0 Å². The molecule has 2 unspecified atom stereocenters. The first kappa shape index (κ1) is 15.0. The van der Waals surface area contributed by atoms with E-state index in [4.69, 9.17) is 0 Å². The lowest BCUT2D eigenvalue weighted by molar-refractivity contribution is 0.448. The maximum Gasteiger partial charge on any atom is 0.243 e. The standard InChI is InChI=1S/C13H18N2O4S2/c1-20(16,17)12-2-4-13(5-3-12)21(18,19)15-8-10-6-14-7-11(10)9-15/h2-5,10-11,14H,6-9H2,1H3. The summed E-state index contributed by atoms with van der Waals surface area (Å²) in [6.07, 6.45) is 1.10. The van der Waals surface area contributed by atoms with Gasteiger partial charge in [-0.1, -0.05) is 0 Å². The Kier molecular flexibility index (Phi) is 3.59. The van der Waals surface area contributed by atoms with Gasteiger partial charge in [0, 0.05) is 19.3 Å². The predicted octanol–water partition coefficient (Wildman–Crippen LogP) is -0.0700. The highest BCUT2D eigenvalue weighted by Gasteiger charge is 2.41. The van der Waals surface area contributed by atoms with E-state index >= 15 is 0 Å². The Morgan fingerprint density at radius 3 is 1.90 bits per heavy atom. The Labute approximate surface area is 125 Å². The van der Waals surface area contributed by atoms with Gasteiger partial charge in [0.15, 0.2) is 9.84 Å². The van der Waals surface area contributed by atoms with E-state index < -0.39 is 19.9 Å². The van der Waals surface area contributed by atoms with Crippen molar-refractivity contribution in [3.8, 4) is 0 Å². The minimum Gasteiger partial charge on any atom is -0.316 e. The van der Waals surface area contributed by atoms with E-state index in [1.54, 1.807) is 0 Å². The van der Waals surface area contributed by atoms with Crippen molar-refractivity contribution in [2.75, 3.05) is 32.4 Å². The fourth-order valence-electron chi connectivity index (χ4n) is 3.02. The summed E-state index contributed by atoms with van der Waals surface area (Å²) in [5.41, 5.74) is 0. The third-order valence-corrected chi connectivity index (χ3v) is 7.22. The molecular weight excluding hydrogens is 312 g/mol. The topological polar surface area (TPSA) is 83.5 Å². The summed E-state index contributed by atoms with van der Waals surface area (Å²) < 4.78 is 49.5. The van der Waals surface area contributed by atoms with E-state index in [1.165, 1.54) is 28.6 Å². The van der Waals surface area contributed by atoms with Crippen LogP contribution in [0.2, 0.25) is 0 Å². The van der Waals surface area contributed by atoms with Crippen molar-refractivity contribution in [2.24, 2.45) is 11.8 Å². The van der Waals surface area contributed by atoms with Crippen LogP contribution < -0.4 is 5.32 Å². The van der Waals surface area contributed by atoms with E-state index in [0.29, 0.717) is 24.9 Å². The second-order valence-electron chi connectivity index (χ2n) is 5.74. The van der Waals surface area contributed by atoms with Gasteiger partial charge in [0.2, 0.25) is 10.0 Å². The first-order valence-electron chi connectivity index (χ1n) is 6.79. The summed E-state index contributed by atoms with van der Waals surface area (Å²) >= 11 is 0. The van der Waals surface area contributed by atoms with Gasteiger partial charge in [-0.2, -0.15) is 4.31 Å². The Balaban J connectivity index is 1.85. The maximum atomic E-state index is 12.6. The fraction of sp³-hybridized carbons (Fsp3) is 0.538. The molecule has 2 aliphatic rings. The van der Waals surface area contributed by atoms with Crippen molar-refractivity contribution in [1.82, 2.24) is 9.62 Å². The average molecular weight is 330 g/mol. The highest BCUT2D eigenvalue weighted by Crippen LogP contribution is 2.30. The van der Waals surface area contributed by atoms with E-state index in [-0.39, 0.29) is 9.79 Å². The number of sulfone groups is 1. The third kappa shape index (κ3) is 2.73. The van der Waals surface area contributed by atoms with Crippen LogP contribution in [0.25, 0.3) is 0 Å². The molecule has 116 valence electrons. The summed E-state index contributed by atoms with van der Waals surface area (Å²) in [6.45, 7) is 2.80. The molecule has 0 aromatic heterocycles. The van der Waals surface area contributed by atoms with Gasteiger partial charge in [-0.05, 0) is 49.2 Å². The molecule has 1 aromatic carbocycles. The molecule has 0 spiro atoms. The monoisotopic (exact) mass is 330 g/mol. The number of benzene rings is 1. The molecule has 2 fully saturated rings. The van der Waals surface area contributed by atoms with Crippen LogP contribution in [0.15, 0.2) is 34.1 Å². The molecule has 2 atom stereocenters. The van der Waals surface area contributed by atoms with Crippen LogP contribution >= 0.6 is 0 Å². The fourth-order valence-corrected chi connectivity index (χ4v) is 5.20. The molecule has 0 aliphatic carbocycles. The largest absolute Gasteiger partial charge is 0.316 e. The lowest BCUT2D eigenvalue weighted by Gasteiger charge is -2.17. The van der Waals surface area contributed by atoms with E-state index in [9.17, 15) is 16.8 Å². The van der Waals surface area contributed by atoms with Gasteiger partial charge in [-0.25, -0.2) is 16.8 Å². The zero-order chi connectivity index (χ0) is 15.3. The quantitative estimate of drug-likeness (QED) is 0.839. The van der Waals surface area contributed by atoms with E-state index in [2.05, 4.69) is 5.32 Å². The summed E-state index contributed by atoms with van der Waals surface area (Å²) in [7, 11) is -6.85. The summed E-state index contributed by atoms with van der Waals surface area (Å²) in [5, 5.41) is 3.27. The van der Waals surface area contributed by atoms with Crippen molar-refractivity contribution in [1.29, 1.82) is 0 Å². The number of nitrogens with zero attached hydrogens (tertiary/aromatic N) is 1. The van der Waals surface area contributed by atoms with Crippen LogP contribution in [0.1, 0.15) is 0 Å². The van der Waals surface area contributed by atoms with Gasteiger partial charge in [0.1, 0.15) is 0 Å². The minimum atomic E-state index is -3.53. The third-order valence-electron chi connectivity index (χ3n) is 4.25. The van der Waals surface area contributed by atoms with Crippen LogP contribution in [0.4, 0.5) is 0 Å². The molecule has 3 rings (SSSR count). The smallest absolute Gasteiger partial charge is 0.243 e. The summed E-state index contributed by atoms with van der Waals surface area (Å²) in [5.74, 6) is 0.769. The molecule has 2 saturated heterocycles. The predicted molar refractivity (Wildman–Crippen MR) is 78.2 cm³/mol. The van der Waals surface area contributed by atoms with Gasteiger partial charge in [0.05, 0.1) is 9.79 Å². The highest BCUT2D eigenvalue weighted by molar-refractivity contribution is 7.90. The molecule has 0 bridgehead atoms. The van der Waals surface area contributed by atoms with Gasteiger partial charge in [-0.15, -0.1) is 0 Å². The zero-order valence-corrected chi connectivity index (χ0v) is 13.3. The SMILES string of the molecule is CS(=O)(=O)c1ccc(S(=O)(=O)N2CC3CNCC3C2)cc1. The average Bonchev–Trinajstić information content (AvgIpc) is 2.98. The van der Waals surface area contributed by atoms with Crippen molar-refractivity contribution >= 4 is 19.9 Å². The molecule has 21 heavy (non-hydrogen) atoms. The maximum absolute atomic E-state index is 12.6. The molecule has 0 saturated carbocycles. The molecule has 6 nitrogen and oxygen atoms in total. The van der Waals surface area contributed by atoms with Crippen LogP contribution in [-0.4, -0.2) is 53.6 Å². The summed E-state index contributed by atoms with van der Waals surface area (Å²) in [6, 6.07) is 5.44. The van der Waals surface area contributed by atoms with Crippen LogP contribution in [0.5, 0.6) is 0 Å². The Hall–Kier alpha value is -0.960. The molecule has 2 aliphatic heterocycles. The van der Waals surface area contributed by atoms with Gasteiger partial charge in [0.25, 0.3) is 0 Å². The van der Waals surface area contributed by atoms with Crippen LogP contribution in [0, 0.1) is 11.8 Å². The first-order valence-corrected chi connectivity index (χ1v) is 10.1. The first-order chi connectivity index (χ1) is 9.78. The molecule has 0 radical (unpaired) electrons. The van der Waals surface area contributed by atoms with Crippen molar-refractivity contribution in [2.45, 2.75) is 9.79 Å². The number of nitrogens with one attached hydrogen (secondary N) is 1. The van der Waals surface area contributed by atoms with Crippen molar-refractivity contribution < 1.29 is 16.8 Å². The van der Waals surface area contributed by atoms with E-state index in [1.807, 2.05) is 0 Å². The van der Waals surface area contributed by atoms with Gasteiger partial charge < -0.3 is 5.32 Å². The highest BCUT2D eigenvalue weighted by atomic mass is 32.2. The molecule has 1 N–H and O–H groups in total. The van der Waals surface area contributed by atoms with Crippen molar-refractivity contribution in [3.63, 3.8) is 0 Å². The molecule has 1 aromatic rings. The molecule has 0 amide bonds. The number of sulfonamides is 1. The number of hydrogen-bond acceptors (Lipinski definition) is 5. The number of hydrogen-bond donors (Lipinski definition) is 1. The Bertz CT molecular complexity index is 729. The second-order valence-corrected chi connectivity index (χ2v) is 9.70.